The fraction of sp³-hybridized carbons (Fsp3) is 0.765. The summed E-state index contributed by atoms with van der Waals surface area (Å²) in [5.41, 5.74) is 0. The third kappa shape index (κ3) is 3.51. The number of allylic oxidation sites excluding steroid dienone is 2. The Morgan fingerprint density at radius 1 is 0.909 bits per heavy atom. The van der Waals surface area contributed by atoms with Gasteiger partial charge < -0.3 is 14.5 Å². The van der Waals surface area contributed by atoms with Crippen molar-refractivity contribution >= 4 is 11.8 Å². The molecule has 2 aliphatic heterocycles. The van der Waals surface area contributed by atoms with Gasteiger partial charge in [0.1, 0.15) is 0 Å². The van der Waals surface area contributed by atoms with Gasteiger partial charge in [0.25, 0.3) is 0 Å². The molecule has 2 saturated heterocycles. The quantitative estimate of drug-likeness (QED) is 0.725. The van der Waals surface area contributed by atoms with Crippen LogP contribution in [0.5, 0.6) is 0 Å². The third-order valence-electron chi connectivity index (χ3n) is 5.02. The Labute approximate surface area is 132 Å². The molecule has 0 aromatic rings. The number of hydrogen-bond acceptors (Lipinski definition) is 3. The van der Waals surface area contributed by atoms with Gasteiger partial charge in [0.15, 0.2) is 0 Å². The number of carbonyl (C=O) groups is 2. The molecule has 2 amide bonds. The van der Waals surface area contributed by atoms with E-state index in [1.165, 1.54) is 0 Å². The van der Waals surface area contributed by atoms with E-state index in [0.29, 0.717) is 32.8 Å². The molecule has 1 aliphatic carbocycles. The maximum absolute atomic E-state index is 12.6. The lowest BCUT2D eigenvalue weighted by Gasteiger charge is -2.37. The monoisotopic (exact) mass is 306 g/mol. The van der Waals surface area contributed by atoms with Crippen molar-refractivity contribution in [1.82, 2.24) is 9.80 Å². The Bertz CT molecular complexity index is 443. The molecular weight excluding hydrogens is 280 g/mol. The molecule has 2 fully saturated rings. The van der Waals surface area contributed by atoms with E-state index in [9.17, 15) is 9.59 Å². The number of rotatable bonds is 2. The van der Waals surface area contributed by atoms with Crippen LogP contribution >= 0.6 is 0 Å². The smallest absolute Gasteiger partial charge is 0.227 e. The topological polar surface area (TPSA) is 49.9 Å². The molecule has 3 rings (SSSR count). The molecule has 0 saturated carbocycles. The van der Waals surface area contributed by atoms with Crippen molar-refractivity contribution in [3.63, 3.8) is 0 Å². The van der Waals surface area contributed by atoms with Gasteiger partial charge in [0, 0.05) is 32.1 Å². The van der Waals surface area contributed by atoms with Crippen LogP contribution in [-0.4, -0.2) is 61.0 Å². The Morgan fingerprint density at radius 2 is 1.68 bits per heavy atom. The summed E-state index contributed by atoms with van der Waals surface area (Å²) in [6.07, 6.45) is 8.93. The number of piperidine rings is 1. The highest BCUT2D eigenvalue weighted by molar-refractivity contribution is 5.82. The Morgan fingerprint density at radius 3 is 2.41 bits per heavy atom. The third-order valence-corrected chi connectivity index (χ3v) is 5.02. The van der Waals surface area contributed by atoms with Gasteiger partial charge in [-0.25, -0.2) is 0 Å². The first-order chi connectivity index (χ1) is 10.8. The highest BCUT2D eigenvalue weighted by atomic mass is 16.5. The van der Waals surface area contributed by atoms with E-state index in [-0.39, 0.29) is 23.7 Å². The predicted molar refractivity (Wildman–Crippen MR) is 83.2 cm³/mol. The van der Waals surface area contributed by atoms with Gasteiger partial charge in [-0.1, -0.05) is 12.2 Å². The summed E-state index contributed by atoms with van der Waals surface area (Å²) >= 11 is 0. The maximum atomic E-state index is 12.6. The zero-order valence-electron chi connectivity index (χ0n) is 13.2. The average molecular weight is 306 g/mol. The summed E-state index contributed by atoms with van der Waals surface area (Å²) in [6, 6.07) is 0. The summed E-state index contributed by atoms with van der Waals surface area (Å²) in [5, 5.41) is 0. The van der Waals surface area contributed by atoms with Gasteiger partial charge in [-0.15, -0.1) is 0 Å². The lowest BCUT2D eigenvalue weighted by Crippen LogP contribution is -2.50. The van der Waals surface area contributed by atoms with Crippen molar-refractivity contribution in [1.29, 1.82) is 0 Å². The second-order valence-electron chi connectivity index (χ2n) is 6.54. The van der Waals surface area contributed by atoms with Crippen LogP contribution in [0.15, 0.2) is 12.2 Å². The lowest BCUT2D eigenvalue weighted by atomic mass is 9.90. The summed E-state index contributed by atoms with van der Waals surface area (Å²) < 4.78 is 5.31. The van der Waals surface area contributed by atoms with E-state index in [2.05, 4.69) is 12.2 Å². The number of nitrogens with zero attached hydrogens (tertiary/aromatic N) is 2. The van der Waals surface area contributed by atoms with Crippen LogP contribution in [0.4, 0.5) is 0 Å². The van der Waals surface area contributed by atoms with E-state index in [1.807, 2.05) is 9.80 Å². The first-order valence-corrected chi connectivity index (χ1v) is 8.56. The molecule has 0 radical (unpaired) electrons. The predicted octanol–water partition coefficient (Wildman–Crippen LogP) is 1.44. The van der Waals surface area contributed by atoms with Gasteiger partial charge in [-0.05, 0) is 32.1 Å². The second kappa shape index (κ2) is 7.27. The van der Waals surface area contributed by atoms with E-state index in [1.54, 1.807) is 0 Å². The van der Waals surface area contributed by atoms with E-state index in [0.717, 1.165) is 38.6 Å². The Kier molecular flexibility index (Phi) is 5.13. The summed E-state index contributed by atoms with van der Waals surface area (Å²) in [5.74, 6) is 0.574. The minimum absolute atomic E-state index is 0.0186. The number of ether oxygens (including phenoxy) is 1. The van der Waals surface area contributed by atoms with Crippen molar-refractivity contribution in [3.8, 4) is 0 Å². The van der Waals surface area contributed by atoms with E-state index in [4.69, 9.17) is 4.74 Å². The van der Waals surface area contributed by atoms with Crippen molar-refractivity contribution < 1.29 is 14.3 Å². The van der Waals surface area contributed by atoms with Gasteiger partial charge in [-0.3, -0.25) is 9.59 Å². The molecular formula is C17H26N2O3. The standard InChI is InChI=1S/C17H26N2O3/c20-16(14-5-2-1-3-6-14)19-8-4-7-15(13-19)17(21)18-9-11-22-12-10-18/h1-2,14-15H,3-13H2/t14-,15-/m1/s1. The molecule has 0 spiro atoms. The highest BCUT2D eigenvalue weighted by Crippen LogP contribution is 2.25. The molecule has 122 valence electrons. The summed E-state index contributed by atoms with van der Waals surface area (Å²) in [6.45, 7) is 4.07. The summed E-state index contributed by atoms with van der Waals surface area (Å²) in [7, 11) is 0. The van der Waals surface area contributed by atoms with Crippen LogP contribution in [0.25, 0.3) is 0 Å². The fourth-order valence-electron chi connectivity index (χ4n) is 3.70. The molecule has 2 heterocycles. The molecule has 5 nitrogen and oxygen atoms in total. The van der Waals surface area contributed by atoms with Crippen molar-refractivity contribution in [2.24, 2.45) is 11.8 Å². The number of carbonyl (C=O) groups excluding carboxylic acids is 2. The van der Waals surface area contributed by atoms with Crippen LogP contribution in [0, 0.1) is 11.8 Å². The Balaban J connectivity index is 1.57. The number of hydrogen-bond donors (Lipinski definition) is 0. The molecule has 3 aliphatic rings. The zero-order valence-corrected chi connectivity index (χ0v) is 13.2. The first-order valence-electron chi connectivity index (χ1n) is 8.56. The Hall–Kier alpha value is -1.36. The molecule has 2 atom stereocenters. The molecule has 0 bridgehead atoms. The molecule has 0 aromatic carbocycles. The summed E-state index contributed by atoms with van der Waals surface area (Å²) in [4.78, 5) is 29.1. The molecule has 0 unspecified atom stereocenters. The minimum atomic E-state index is -0.0186. The van der Waals surface area contributed by atoms with Crippen molar-refractivity contribution in [2.45, 2.75) is 32.1 Å². The van der Waals surface area contributed by atoms with Gasteiger partial charge >= 0.3 is 0 Å². The second-order valence-corrected chi connectivity index (χ2v) is 6.54. The fourth-order valence-corrected chi connectivity index (χ4v) is 3.70. The van der Waals surface area contributed by atoms with Crippen LogP contribution < -0.4 is 0 Å². The SMILES string of the molecule is O=C([C@@H]1CCCN(C(=O)[C@@H]2CC=CCC2)C1)N1CCOCC1. The van der Waals surface area contributed by atoms with Gasteiger partial charge in [0.2, 0.25) is 11.8 Å². The maximum Gasteiger partial charge on any atom is 0.227 e. The van der Waals surface area contributed by atoms with Crippen LogP contribution in [0.3, 0.4) is 0 Å². The van der Waals surface area contributed by atoms with Gasteiger partial charge in [0.05, 0.1) is 19.1 Å². The van der Waals surface area contributed by atoms with Crippen molar-refractivity contribution in [3.05, 3.63) is 12.2 Å². The van der Waals surface area contributed by atoms with Crippen LogP contribution in [0.2, 0.25) is 0 Å². The minimum Gasteiger partial charge on any atom is -0.378 e. The normalized spacial score (nSPS) is 29.5. The molecule has 0 N–H and O–H groups in total. The number of morpholine rings is 1. The molecule has 5 heteroatoms. The van der Waals surface area contributed by atoms with Gasteiger partial charge in [-0.2, -0.15) is 0 Å². The number of likely N-dealkylation sites (tertiary alicyclic amines) is 1. The average Bonchev–Trinajstić information content (AvgIpc) is 2.62. The molecule has 0 aromatic heterocycles. The lowest BCUT2D eigenvalue weighted by molar-refractivity contribution is -0.145. The first kappa shape index (κ1) is 15.5. The van der Waals surface area contributed by atoms with Crippen molar-refractivity contribution in [2.75, 3.05) is 39.4 Å². The van der Waals surface area contributed by atoms with Crippen LogP contribution in [-0.2, 0) is 14.3 Å². The largest absolute Gasteiger partial charge is 0.378 e. The van der Waals surface area contributed by atoms with E-state index >= 15 is 0 Å². The zero-order chi connectivity index (χ0) is 15.4. The highest BCUT2D eigenvalue weighted by Gasteiger charge is 2.33. The van der Waals surface area contributed by atoms with Crippen LogP contribution in [0.1, 0.15) is 32.1 Å². The molecule has 22 heavy (non-hydrogen) atoms. The number of amides is 2. The van der Waals surface area contributed by atoms with E-state index < -0.39 is 0 Å².